The van der Waals surface area contributed by atoms with E-state index in [-0.39, 0.29) is 12.4 Å². The van der Waals surface area contributed by atoms with Gasteiger partial charge in [0.2, 0.25) is 0 Å². The smallest absolute Gasteiger partial charge is 0.310 e. The van der Waals surface area contributed by atoms with Crippen LogP contribution in [0.5, 0.6) is 0 Å². The van der Waals surface area contributed by atoms with Gasteiger partial charge >= 0.3 is 5.97 Å². The number of benzene rings is 2. The zero-order chi connectivity index (χ0) is 14.2. The molecule has 0 amide bonds. The molecule has 0 aliphatic rings. The summed E-state index contributed by atoms with van der Waals surface area (Å²) in [6, 6.07) is 16.9. The maximum atomic E-state index is 11.3. The Kier molecular flexibility index (Phi) is 5.00. The molecule has 0 saturated carbocycles. The highest BCUT2D eigenvalue weighted by molar-refractivity contribution is 5.72. The number of rotatable bonds is 5. The largest absolute Gasteiger partial charge is 0.466 e. The summed E-state index contributed by atoms with van der Waals surface area (Å²) in [5.41, 5.74) is 2.46. The number of azo groups is 1. The zero-order valence-corrected chi connectivity index (χ0v) is 11.3. The van der Waals surface area contributed by atoms with Gasteiger partial charge in [0, 0.05) is 0 Å². The number of ether oxygens (including phenoxy) is 1. The fourth-order valence-electron chi connectivity index (χ4n) is 1.67. The van der Waals surface area contributed by atoms with Crippen molar-refractivity contribution < 1.29 is 9.53 Å². The molecule has 4 nitrogen and oxygen atoms in total. The Morgan fingerprint density at radius 1 is 0.950 bits per heavy atom. The maximum absolute atomic E-state index is 11.3. The van der Waals surface area contributed by atoms with Crippen LogP contribution in [-0.4, -0.2) is 12.6 Å². The van der Waals surface area contributed by atoms with Crippen molar-refractivity contribution in [3.8, 4) is 0 Å². The van der Waals surface area contributed by atoms with Crippen molar-refractivity contribution in [2.24, 2.45) is 10.2 Å². The molecule has 0 aromatic heterocycles. The summed E-state index contributed by atoms with van der Waals surface area (Å²) in [4.78, 5) is 11.3. The molecule has 2 rings (SSSR count). The molecule has 0 atom stereocenters. The van der Waals surface area contributed by atoms with Crippen LogP contribution in [0, 0.1) is 0 Å². The summed E-state index contributed by atoms with van der Waals surface area (Å²) >= 11 is 0. The molecule has 0 fully saturated rings. The highest BCUT2D eigenvalue weighted by atomic mass is 16.5. The summed E-state index contributed by atoms with van der Waals surface area (Å²) in [5, 5.41) is 8.27. The highest BCUT2D eigenvalue weighted by Crippen LogP contribution is 2.18. The SMILES string of the molecule is CCOC(=O)Cc1ccc(/N=N/c2ccccc2)cc1. The van der Waals surface area contributed by atoms with Crippen molar-refractivity contribution in [3.05, 3.63) is 60.2 Å². The first-order valence-electron chi connectivity index (χ1n) is 6.49. The van der Waals surface area contributed by atoms with E-state index >= 15 is 0 Å². The topological polar surface area (TPSA) is 51.0 Å². The van der Waals surface area contributed by atoms with Crippen LogP contribution in [0.4, 0.5) is 11.4 Å². The minimum absolute atomic E-state index is 0.217. The van der Waals surface area contributed by atoms with E-state index in [2.05, 4.69) is 10.2 Å². The van der Waals surface area contributed by atoms with Crippen molar-refractivity contribution in [2.45, 2.75) is 13.3 Å². The number of hydrogen-bond donors (Lipinski definition) is 0. The Morgan fingerprint density at radius 2 is 1.55 bits per heavy atom. The molecule has 0 heterocycles. The molecule has 4 heteroatoms. The molecule has 0 saturated heterocycles. The molecule has 2 aromatic carbocycles. The fourth-order valence-corrected chi connectivity index (χ4v) is 1.67. The van der Waals surface area contributed by atoms with Crippen LogP contribution >= 0.6 is 0 Å². The number of hydrogen-bond acceptors (Lipinski definition) is 4. The normalized spacial score (nSPS) is 10.7. The van der Waals surface area contributed by atoms with Gasteiger partial charge < -0.3 is 4.74 Å². The van der Waals surface area contributed by atoms with Crippen molar-refractivity contribution in [2.75, 3.05) is 6.61 Å². The molecule has 0 unspecified atom stereocenters. The maximum Gasteiger partial charge on any atom is 0.310 e. The molecule has 0 N–H and O–H groups in total. The quantitative estimate of drug-likeness (QED) is 0.602. The van der Waals surface area contributed by atoms with Crippen molar-refractivity contribution >= 4 is 17.3 Å². The van der Waals surface area contributed by atoms with E-state index < -0.39 is 0 Å². The van der Waals surface area contributed by atoms with Gasteiger partial charge in [-0.1, -0.05) is 30.3 Å². The molecule has 20 heavy (non-hydrogen) atoms. The van der Waals surface area contributed by atoms with Gasteiger partial charge in [-0.15, -0.1) is 0 Å². The molecule has 0 bridgehead atoms. The average Bonchev–Trinajstić information content (AvgIpc) is 2.48. The third kappa shape index (κ3) is 4.31. The van der Waals surface area contributed by atoms with Gasteiger partial charge in [0.25, 0.3) is 0 Å². The Bertz CT molecular complexity index is 577. The lowest BCUT2D eigenvalue weighted by atomic mass is 10.1. The second kappa shape index (κ2) is 7.19. The van der Waals surface area contributed by atoms with E-state index in [1.807, 2.05) is 54.6 Å². The average molecular weight is 268 g/mol. The van der Waals surface area contributed by atoms with E-state index in [0.717, 1.165) is 16.9 Å². The second-order valence-corrected chi connectivity index (χ2v) is 4.18. The lowest BCUT2D eigenvalue weighted by Gasteiger charge is -2.01. The van der Waals surface area contributed by atoms with Crippen LogP contribution in [0.3, 0.4) is 0 Å². The first-order chi connectivity index (χ1) is 9.78. The molecule has 0 radical (unpaired) electrons. The summed E-state index contributed by atoms with van der Waals surface area (Å²) in [6.45, 7) is 2.20. The first-order valence-corrected chi connectivity index (χ1v) is 6.49. The van der Waals surface area contributed by atoms with Crippen LogP contribution in [0.1, 0.15) is 12.5 Å². The zero-order valence-electron chi connectivity index (χ0n) is 11.3. The molecule has 102 valence electrons. The Labute approximate surface area is 118 Å². The molecule has 0 aliphatic carbocycles. The monoisotopic (exact) mass is 268 g/mol. The molecular formula is C16H16N2O2. The number of carbonyl (C=O) groups excluding carboxylic acids is 1. The highest BCUT2D eigenvalue weighted by Gasteiger charge is 2.03. The number of esters is 1. The Hall–Kier alpha value is -2.49. The lowest BCUT2D eigenvalue weighted by molar-refractivity contribution is -0.142. The van der Waals surface area contributed by atoms with Crippen molar-refractivity contribution in [1.29, 1.82) is 0 Å². The summed E-state index contributed by atoms with van der Waals surface area (Å²) in [7, 11) is 0. The van der Waals surface area contributed by atoms with Crippen LogP contribution < -0.4 is 0 Å². The van der Waals surface area contributed by atoms with E-state index in [1.54, 1.807) is 6.92 Å². The van der Waals surface area contributed by atoms with E-state index in [4.69, 9.17) is 4.74 Å². The van der Waals surface area contributed by atoms with Gasteiger partial charge in [-0.2, -0.15) is 10.2 Å². The van der Waals surface area contributed by atoms with E-state index in [9.17, 15) is 4.79 Å². The van der Waals surface area contributed by atoms with Gasteiger partial charge in [-0.3, -0.25) is 4.79 Å². The summed E-state index contributed by atoms with van der Waals surface area (Å²) in [5.74, 6) is -0.217. The minimum atomic E-state index is -0.217. The third-order valence-electron chi connectivity index (χ3n) is 2.63. The predicted molar refractivity (Wildman–Crippen MR) is 77.4 cm³/mol. The second-order valence-electron chi connectivity index (χ2n) is 4.18. The molecular weight excluding hydrogens is 252 g/mol. The van der Waals surface area contributed by atoms with Crippen molar-refractivity contribution in [3.63, 3.8) is 0 Å². The lowest BCUT2D eigenvalue weighted by Crippen LogP contribution is -2.07. The first kappa shape index (κ1) is 13.9. The minimum Gasteiger partial charge on any atom is -0.466 e. The van der Waals surface area contributed by atoms with Gasteiger partial charge in [0.15, 0.2) is 0 Å². The molecule has 2 aromatic rings. The van der Waals surface area contributed by atoms with Crippen LogP contribution in [0.15, 0.2) is 64.8 Å². The third-order valence-corrected chi connectivity index (χ3v) is 2.63. The Balaban J connectivity index is 1.98. The van der Waals surface area contributed by atoms with Crippen LogP contribution in [0.2, 0.25) is 0 Å². The molecule has 0 spiro atoms. The number of carbonyl (C=O) groups is 1. The summed E-state index contributed by atoms with van der Waals surface area (Å²) < 4.78 is 4.90. The predicted octanol–water partition coefficient (Wildman–Crippen LogP) is 4.21. The van der Waals surface area contributed by atoms with E-state index in [0.29, 0.717) is 6.61 Å². The summed E-state index contributed by atoms with van der Waals surface area (Å²) in [6.07, 6.45) is 0.282. The van der Waals surface area contributed by atoms with Gasteiger partial charge in [0.1, 0.15) is 0 Å². The van der Waals surface area contributed by atoms with Crippen LogP contribution in [0.25, 0.3) is 0 Å². The molecule has 0 aliphatic heterocycles. The van der Waals surface area contributed by atoms with Crippen molar-refractivity contribution in [1.82, 2.24) is 0 Å². The van der Waals surface area contributed by atoms with E-state index in [1.165, 1.54) is 0 Å². The fraction of sp³-hybridized carbons (Fsp3) is 0.188. The standard InChI is InChI=1S/C16H16N2O2/c1-2-20-16(19)12-13-8-10-15(11-9-13)18-17-14-6-4-3-5-7-14/h3-11H,2,12H2,1H3/b18-17+. The van der Waals surface area contributed by atoms with Crippen LogP contribution in [-0.2, 0) is 16.0 Å². The Morgan fingerprint density at radius 3 is 2.15 bits per heavy atom. The van der Waals surface area contributed by atoms with Gasteiger partial charge in [-0.25, -0.2) is 0 Å². The van der Waals surface area contributed by atoms with Gasteiger partial charge in [0.05, 0.1) is 24.4 Å². The number of nitrogens with zero attached hydrogens (tertiary/aromatic N) is 2. The van der Waals surface area contributed by atoms with Gasteiger partial charge in [-0.05, 0) is 36.8 Å².